The summed E-state index contributed by atoms with van der Waals surface area (Å²) in [4.78, 5) is 16.7. The molecule has 6 nitrogen and oxygen atoms in total. The van der Waals surface area contributed by atoms with Crippen LogP contribution < -0.4 is 5.32 Å². The van der Waals surface area contributed by atoms with E-state index >= 15 is 0 Å². The molecule has 1 aromatic carbocycles. The molecular weight excluding hydrogens is 292 g/mol. The van der Waals surface area contributed by atoms with E-state index in [0.29, 0.717) is 17.1 Å². The maximum atomic E-state index is 12.4. The van der Waals surface area contributed by atoms with E-state index in [-0.39, 0.29) is 11.6 Å². The van der Waals surface area contributed by atoms with Crippen LogP contribution in [-0.2, 0) is 0 Å². The van der Waals surface area contributed by atoms with Gasteiger partial charge >= 0.3 is 0 Å². The number of anilines is 1. The number of nitrogens with zero attached hydrogens (tertiary/aromatic N) is 3. The Morgan fingerprint density at radius 2 is 2.00 bits per heavy atom. The Labute approximate surface area is 133 Å². The molecule has 0 aliphatic carbocycles. The molecule has 1 atom stereocenters. The molecule has 0 aliphatic heterocycles. The Morgan fingerprint density at radius 1 is 1.17 bits per heavy atom. The second kappa shape index (κ2) is 6.41. The van der Waals surface area contributed by atoms with Gasteiger partial charge in [-0.1, -0.05) is 24.3 Å². The third kappa shape index (κ3) is 3.27. The fourth-order valence-electron chi connectivity index (χ4n) is 2.24. The molecule has 6 heteroatoms. The SMILES string of the molecule is C[C@H](O)c1ccccc1NC(=O)c1cccc(-n2cccn2)n1. The molecule has 0 unspecified atom stereocenters. The van der Waals surface area contributed by atoms with Gasteiger partial charge in [0.25, 0.3) is 5.91 Å². The zero-order valence-electron chi connectivity index (χ0n) is 12.5. The first-order chi connectivity index (χ1) is 11.1. The zero-order chi connectivity index (χ0) is 16.2. The number of aromatic nitrogens is 3. The number of hydrogen-bond acceptors (Lipinski definition) is 4. The van der Waals surface area contributed by atoms with E-state index in [1.165, 1.54) is 0 Å². The van der Waals surface area contributed by atoms with Crippen LogP contribution in [0.5, 0.6) is 0 Å². The van der Waals surface area contributed by atoms with Gasteiger partial charge in [0.15, 0.2) is 5.82 Å². The van der Waals surface area contributed by atoms with E-state index in [2.05, 4.69) is 15.4 Å². The molecule has 2 aromatic heterocycles. The average molecular weight is 308 g/mol. The van der Waals surface area contributed by atoms with E-state index in [9.17, 15) is 9.90 Å². The first-order valence-corrected chi connectivity index (χ1v) is 7.20. The summed E-state index contributed by atoms with van der Waals surface area (Å²) in [5.74, 6) is 0.221. The van der Waals surface area contributed by atoms with Crippen molar-refractivity contribution in [2.75, 3.05) is 5.32 Å². The average Bonchev–Trinajstić information content (AvgIpc) is 3.10. The number of nitrogens with one attached hydrogen (secondary N) is 1. The second-order valence-corrected chi connectivity index (χ2v) is 5.05. The number of aliphatic hydroxyl groups excluding tert-OH is 1. The third-order valence-electron chi connectivity index (χ3n) is 3.37. The van der Waals surface area contributed by atoms with Crippen LogP contribution in [0.4, 0.5) is 5.69 Å². The van der Waals surface area contributed by atoms with E-state index in [1.54, 1.807) is 66.5 Å². The van der Waals surface area contributed by atoms with Crippen molar-refractivity contribution < 1.29 is 9.90 Å². The lowest BCUT2D eigenvalue weighted by molar-refractivity contribution is 0.102. The molecule has 3 aromatic rings. The van der Waals surface area contributed by atoms with Gasteiger partial charge in [-0.25, -0.2) is 9.67 Å². The zero-order valence-corrected chi connectivity index (χ0v) is 12.5. The highest BCUT2D eigenvalue weighted by Gasteiger charge is 2.13. The van der Waals surface area contributed by atoms with Crippen molar-refractivity contribution in [3.63, 3.8) is 0 Å². The minimum Gasteiger partial charge on any atom is -0.389 e. The van der Waals surface area contributed by atoms with Gasteiger partial charge in [0.1, 0.15) is 5.69 Å². The fraction of sp³-hybridized carbons (Fsp3) is 0.118. The number of para-hydroxylation sites is 1. The van der Waals surface area contributed by atoms with Gasteiger partial charge in [0, 0.05) is 23.6 Å². The lowest BCUT2D eigenvalue weighted by atomic mass is 10.1. The molecule has 0 spiro atoms. The van der Waals surface area contributed by atoms with Crippen LogP contribution in [-0.4, -0.2) is 25.8 Å². The summed E-state index contributed by atoms with van der Waals surface area (Å²) >= 11 is 0. The maximum Gasteiger partial charge on any atom is 0.274 e. The van der Waals surface area contributed by atoms with Gasteiger partial charge < -0.3 is 10.4 Å². The molecule has 2 heterocycles. The Hall–Kier alpha value is -2.99. The lowest BCUT2D eigenvalue weighted by Crippen LogP contribution is -2.16. The molecule has 23 heavy (non-hydrogen) atoms. The van der Waals surface area contributed by atoms with Gasteiger partial charge in [0.05, 0.1) is 6.10 Å². The van der Waals surface area contributed by atoms with Crippen LogP contribution in [0, 0.1) is 0 Å². The number of hydrogen-bond donors (Lipinski definition) is 2. The number of carbonyl (C=O) groups is 1. The van der Waals surface area contributed by atoms with Gasteiger partial charge in [-0.05, 0) is 31.2 Å². The molecule has 116 valence electrons. The topological polar surface area (TPSA) is 80.0 Å². The van der Waals surface area contributed by atoms with Gasteiger partial charge in [-0.15, -0.1) is 0 Å². The summed E-state index contributed by atoms with van der Waals surface area (Å²) in [5.41, 5.74) is 1.50. The monoisotopic (exact) mass is 308 g/mol. The van der Waals surface area contributed by atoms with Gasteiger partial charge in [0.2, 0.25) is 0 Å². The Kier molecular flexibility index (Phi) is 4.16. The number of amides is 1. The highest BCUT2D eigenvalue weighted by molar-refractivity contribution is 6.03. The number of rotatable bonds is 4. The molecule has 0 saturated heterocycles. The first kappa shape index (κ1) is 14.9. The molecule has 0 fully saturated rings. The van der Waals surface area contributed by atoms with Crippen LogP contribution in [0.15, 0.2) is 60.9 Å². The molecule has 0 aliphatic rings. The molecule has 0 radical (unpaired) electrons. The Morgan fingerprint density at radius 3 is 2.74 bits per heavy atom. The third-order valence-corrected chi connectivity index (χ3v) is 3.37. The van der Waals surface area contributed by atoms with E-state index in [0.717, 1.165) is 0 Å². The van der Waals surface area contributed by atoms with E-state index in [4.69, 9.17) is 0 Å². The van der Waals surface area contributed by atoms with Gasteiger partial charge in [-0.2, -0.15) is 5.10 Å². The van der Waals surface area contributed by atoms with Gasteiger partial charge in [-0.3, -0.25) is 4.79 Å². The number of aliphatic hydroxyl groups is 1. The Balaban J connectivity index is 1.86. The molecule has 0 bridgehead atoms. The van der Waals surface area contributed by atoms with Crippen molar-refractivity contribution in [2.24, 2.45) is 0 Å². The second-order valence-electron chi connectivity index (χ2n) is 5.05. The number of pyridine rings is 1. The van der Waals surface area contributed by atoms with Crippen LogP contribution in [0.25, 0.3) is 5.82 Å². The van der Waals surface area contributed by atoms with Crippen molar-refractivity contribution in [2.45, 2.75) is 13.0 Å². The fourth-order valence-corrected chi connectivity index (χ4v) is 2.24. The molecule has 1 amide bonds. The van der Waals surface area contributed by atoms with Crippen molar-refractivity contribution in [3.05, 3.63) is 72.2 Å². The summed E-state index contributed by atoms with van der Waals surface area (Å²) in [5, 5.41) is 16.7. The highest BCUT2D eigenvalue weighted by atomic mass is 16.3. The minimum atomic E-state index is -0.671. The first-order valence-electron chi connectivity index (χ1n) is 7.20. The van der Waals surface area contributed by atoms with Crippen molar-refractivity contribution in [1.29, 1.82) is 0 Å². The van der Waals surface area contributed by atoms with Crippen LogP contribution in [0.2, 0.25) is 0 Å². The molecule has 2 N–H and O–H groups in total. The molecular formula is C17H16N4O2. The standard InChI is InChI=1S/C17H16N4O2/c1-12(22)13-6-2-3-7-14(13)20-17(23)15-8-4-9-16(19-15)21-11-5-10-18-21/h2-12,22H,1H3,(H,20,23)/t12-/m0/s1. The highest BCUT2D eigenvalue weighted by Crippen LogP contribution is 2.22. The summed E-state index contributed by atoms with van der Waals surface area (Å²) in [6, 6.07) is 14.1. The predicted octanol–water partition coefficient (Wildman–Crippen LogP) is 2.57. The largest absolute Gasteiger partial charge is 0.389 e. The smallest absolute Gasteiger partial charge is 0.274 e. The van der Waals surface area contributed by atoms with Crippen LogP contribution in [0.1, 0.15) is 29.1 Å². The van der Waals surface area contributed by atoms with Crippen LogP contribution in [0.3, 0.4) is 0 Å². The summed E-state index contributed by atoms with van der Waals surface area (Å²) in [7, 11) is 0. The minimum absolute atomic E-state index is 0.276. The van der Waals surface area contributed by atoms with E-state index < -0.39 is 6.10 Å². The number of benzene rings is 1. The predicted molar refractivity (Wildman–Crippen MR) is 86.4 cm³/mol. The van der Waals surface area contributed by atoms with Crippen LogP contribution >= 0.6 is 0 Å². The Bertz CT molecular complexity index is 813. The van der Waals surface area contributed by atoms with E-state index in [1.807, 2.05) is 6.07 Å². The number of carbonyl (C=O) groups excluding carboxylic acids is 1. The normalized spacial score (nSPS) is 11.9. The van der Waals surface area contributed by atoms with Crippen molar-refractivity contribution >= 4 is 11.6 Å². The maximum absolute atomic E-state index is 12.4. The van der Waals surface area contributed by atoms with Crippen molar-refractivity contribution in [1.82, 2.24) is 14.8 Å². The molecule has 3 rings (SSSR count). The molecule has 0 saturated carbocycles. The lowest BCUT2D eigenvalue weighted by Gasteiger charge is -2.13. The summed E-state index contributed by atoms with van der Waals surface area (Å²) < 4.78 is 1.58. The van der Waals surface area contributed by atoms with Crippen molar-refractivity contribution in [3.8, 4) is 5.82 Å². The summed E-state index contributed by atoms with van der Waals surface area (Å²) in [6.45, 7) is 1.65. The summed E-state index contributed by atoms with van der Waals surface area (Å²) in [6.07, 6.45) is 2.73. The quantitative estimate of drug-likeness (QED) is 0.776.